The molecule has 0 saturated carbocycles. The molecule has 3 fully saturated rings. The summed E-state index contributed by atoms with van der Waals surface area (Å²) < 4.78 is 49.4. The minimum absolute atomic E-state index is 0.00366. The van der Waals surface area contributed by atoms with Gasteiger partial charge in [0.25, 0.3) is 0 Å². The van der Waals surface area contributed by atoms with Gasteiger partial charge in [0, 0.05) is 17.9 Å². The number of rotatable bonds is 15. The first-order valence-electron chi connectivity index (χ1n) is 14.2. The summed E-state index contributed by atoms with van der Waals surface area (Å²) in [5.74, 6) is -0.272. The number of hydrogen-bond donors (Lipinski definition) is 0. The smallest absolute Gasteiger partial charge is 0.160 e. The van der Waals surface area contributed by atoms with Gasteiger partial charge in [0.1, 0.15) is 0 Å². The Labute approximate surface area is 218 Å². The van der Waals surface area contributed by atoms with Crippen LogP contribution in [0, 0.1) is 11.3 Å². The lowest BCUT2D eigenvalue weighted by Gasteiger charge is -2.28. The van der Waals surface area contributed by atoms with Gasteiger partial charge in [-0.3, -0.25) is 4.79 Å². The third-order valence-corrected chi connectivity index (χ3v) is 10.1. The van der Waals surface area contributed by atoms with E-state index >= 15 is 0 Å². The molecule has 0 aromatic rings. The maximum Gasteiger partial charge on any atom is 0.160 e. The fourth-order valence-electron chi connectivity index (χ4n) is 5.46. The highest BCUT2D eigenvalue weighted by atomic mass is 32.2. The monoisotopic (exact) mass is 528 g/mol. The Morgan fingerprint density at radius 3 is 2.36 bits per heavy atom. The molecule has 0 aromatic heterocycles. The van der Waals surface area contributed by atoms with Crippen molar-refractivity contribution >= 4 is 15.6 Å². The molecule has 208 valence electrons. The number of carbonyl (C=O) groups excluding carboxylic acids is 1. The van der Waals surface area contributed by atoms with Crippen molar-refractivity contribution in [2.75, 3.05) is 25.6 Å². The molecule has 0 radical (unpaired) electrons. The molecule has 3 saturated heterocycles. The number of carbonyl (C=O) groups is 1. The van der Waals surface area contributed by atoms with Crippen LogP contribution in [0.15, 0.2) is 12.2 Å². The molecule has 0 amide bonds. The summed E-state index contributed by atoms with van der Waals surface area (Å²) in [6.07, 6.45) is 13.6. The van der Waals surface area contributed by atoms with Crippen LogP contribution in [0.4, 0.5) is 0 Å². The van der Waals surface area contributed by atoms with Gasteiger partial charge in [-0.05, 0) is 51.0 Å². The summed E-state index contributed by atoms with van der Waals surface area (Å²) in [6.45, 7) is 8.07. The van der Waals surface area contributed by atoms with E-state index in [1.54, 1.807) is 6.08 Å². The van der Waals surface area contributed by atoms with E-state index in [9.17, 15) is 13.2 Å². The molecular weight excluding hydrogens is 480 g/mol. The molecule has 3 heterocycles. The molecule has 1 unspecified atom stereocenters. The van der Waals surface area contributed by atoms with Crippen molar-refractivity contribution in [3.05, 3.63) is 12.2 Å². The fraction of sp³-hybridized carbons (Fsp3) is 0.893. The molecule has 3 rings (SSSR count). The third kappa shape index (κ3) is 8.90. The number of ketones is 1. The fourth-order valence-corrected chi connectivity index (χ4v) is 7.73. The predicted octanol–water partition coefficient (Wildman–Crippen LogP) is 5.37. The Kier molecular flexibility index (Phi) is 11.9. The molecule has 8 heteroatoms. The third-order valence-electron chi connectivity index (χ3n) is 7.84. The van der Waals surface area contributed by atoms with E-state index < -0.39 is 26.6 Å². The van der Waals surface area contributed by atoms with Gasteiger partial charge in [-0.2, -0.15) is 0 Å². The lowest BCUT2D eigenvalue weighted by atomic mass is 9.82. The van der Waals surface area contributed by atoms with Gasteiger partial charge in [-0.1, -0.05) is 59.0 Å². The van der Waals surface area contributed by atoms with Crippen LogP contribution in [0.2, 0.25) is 0 Å². The van der Waals surface area contributed by atoms with Crippen LogP contribution in [0.5, 0.6) is 0 Å². The van der Waals surface area contributed by atoms with E-state index in [1.165, 1.54) is 0 Å². The second kappa shape index (κ2) is 14.4. The van der Waals surface area contributed by atoms with E-state index in [2.05, 4.69) is 6.92 Å². The van der Waals surface area contributed by atoms with Gasteiger partial charge in [0.15, 0.2) is 28.2 Å². The van der Waals surface area contributed by atoms with Gasteiger partial charge < -0.3 is 18.9 Å². The topological polar surface area (TPSA) is 88.1 Å². The highest BCUT2D eigenvalue weighted by Gasteiger charge is 2.47. The van der Waals surface area contributed by atoms with Gasteiger partial charge in [-0.25, -0.2) is 8.42 Å². The maximum absolute atomic E-state index is 13.2. The molecule has 0 bridgehead atoms. The highest BCUT2D eigenvalue weighted by Crippen LogP contribution is 2.36. The first kappa shape index (κ1) is 29.8. The molecular formula is C28H48O7S. The number of hydrogen-bond acceptors (Lipinski definition) is 7. The molecule has 0 N–H and O–H groups in total. The summed E-state index contributed by atoms with van der Waals surface area (Å²) in [5, 5.41) is -0.518. The first-order valence-corrected chi connectivity index (χ1v) is 15.9. The van der Waals surface area contributed by atoms with Crippen LogP contribution in [0.1, 0.15) is 97.8 Å². The van der Waals surface area contributed by atoms with E-state index in [0.29, 0.717) is 26.2 Å². The zero-order chi connectivity index (χ0) is 26.0. The SMILES string of the molecule is CCCCC(C)(C)C(=O)C=C[C@@H]1[C@@H](CCCCCCC2OCCO2)S(=O)(=O)C[C@H]1OC1CCCCO1. The van der Waals surface area contributed by atoms with Crippen molar-refractivity contribution in [2.45, 2.75) is 122 Å². The zero-order valence-electron chi connectivity index (χ0n) is 22.6. The van der Waals surface area contributed by atoms with Crippen LogP contribution in [-0.4, -0.2) is 63.7 Å². The summed E-state index contributed by atoms with van der Waals surface area (Å²) in [4.78, 5) is 13.0. The lowest BCUT2D eigenvalue weighted by Crippen LogP contribution is -2.33. The second-order valence-corrected chi connectivity index (χ2v) is 13.6. The summed E-state index contributed by atoms with van der Waals surface area (Å²) in [6, 6.07) is 0. The number of allylic oxidation sites excluding steroid dienone is 1. The van der Waals surface area contributed by atoms with E-state index in [4.69, 9.17) is 18.9 Å². The van der Waals surface area contributed by atoms with Crippen LogP contribution >= 0.6 is 0 Å². The Morgan fingerprint density at radius 2 is 1.69 bits per heavy atom. The van der Waals surface area contributed by atoms with Crippen LogP contribution in [0.3, 0.4) is 0 Å². The standard InChI is InChI=1S/C28H48O7S/c1-4-5-17-28(2,3)25(29)16-15-22-23(35-27-14-10-11-18-32-27)21-36(30,31)24(22)12-8-6-7-9-13-26-33-19-20-34-26/h15-16,22-24,26-27H,4-14,17-21H2,1-3H3/t22-,23+,24+,27?/m0/s1. The van der Waals surface area contributed by atoms with Crippen LogP contribution in [0.25, 0.3) is 0 Å². The Balaban J connectivity index is 1.61. The van der Waals surface area contributed by atoms with E-state index in [-0.39, 0.29) is 30.0 Å². The Hall–Kier alpha value is -0.800. The van der Waals surface area contributed by atoms with Crippen LogP contribution in [-0.2, 0) is 33.6 Å². The van der Waals surface area contributed by atoms with Crippen molar-refractivity contribution in [2.24, 2.45) is 11.3 Å². The summed E-state index contributed by atoms with van der Waals surface area (Å²) in [7, 11) is -3.32. The molecule has 0 aliphatic carbocycles. The number of unbranched alkanes of at least 4 members (excludes halogenated alkanes) is 4. The Bertz CT molecular complexity index is 795. The van der Waals surface area contributed by atoms with Gasteiger partial charge in [0.2, 0.25) is 0 Å². The Morgan fingerprint density at radius 1 is 0.972 bits per heavy atom. The van der Waals surface area contributed by atoms with Gasteiger partial charge >= 0.3 is 0 Å². The van der Waals surface area contributed by atoms with Crippen molar-refractivity contribution in [3.63, 3.8) is 0 Å². The molecule has 0 spiro atoms. The van der Waals surface area contributed by atoms with Gasteiger partial charge in [-0.15, -0.1) is 0 Å². The molecule has 4 atom stereocenters. The van der Waals surface area contributed by atoms with Crippen molar-refractivity contribution < 1.29 is 32.2 Å². The highest BCUT2D eigenvalue weighted by molar-refractivity contribution is 7.92. The largest absolute Gasteiger partial charge is 0.353 e. The molecule has 3 aliphatic heterocycles. The number of ether oxygens (including phenoxy) is 4. The summed E-state index contributed by atoms with van der Waals surface area (Å²) in [5.41, 5.74) is -0.449. The molecule has 7 nitrogen and oxygen atoms in total. The minimum atomic E-state index is -3.32. The summed E-state index contributed by atoms with van der Waals surface area (Å²) >= 11 is 0. The molecule has 3 aliphatic rings. The van der Waals surface area contributed by atoms with Crippen molar-refractivity contribution in [1.82, 2.24) is 0 Å². The predicted molar refractivity (Wildman–Crippen MR) is 140 cm³/mol. The lowest BCUT2D eigenvalue weighted by molar-refractivity contribution is -0.188. The zero-order valence-corrected chi connectivity index (χ0v) is 23.4. The van der Waals surface area contributed by atoms with Crippen molar-refractivity contribution in [3.8, 4) is 0 Å². The normalized spacial score (nSPS) is 29.3. The van der Waals surface area contributed by atoms with Crippen molar-refractivity contribution in [1.29, 1.82) is 0 Å². The average molecular weight is 529 g/mol. The van der Waals surface area contributed by atoms with Gasteiger partial charge in [0.05, 0.1) is 30.3 Å². The number of sulfone groups is 1. The minimum Gasteiger partial charge on any atom is -0.353 e. The second-order valence-electron chi connectivity index (χ2n) is 11.3. The maximum atomic E-state index is 13.2. The average Bonchev–Trinajstić information content (AvgIpc) is 3.44. The van der Waals surface area contributed by atoms with Crippen LogP contribution < -0.4 is 0 Å². The first-order chi connectivity index (χ1) is 17.2. The quantitative estimate of drug-likeness (QED) is 0.209. The van der Waals surface area contributed by atoms with E-state index in [0.717, 1.165) is 70.6 Å². The van der Waals surface area contributed by atoms with E-state index in [1.807, 2.05) is 19.9 Å². The molecule has 36 heavy (non-hydrogen) atoms. The molecule has 0 aromatic carbocycles.